The standard InChI is InChI=1S/C15H25NO3S/c1-4-10-16-13(2)14-8-5-6-9-15(14)19-11-7-12-20(3,17)18/h5-6,8-9,13,16H,4,7,10-12H2,1-3H3. The largest absolute Gasteiger partial charge is 0.493 e. The summed E-state index contributed by atoms with van der Waals surface area (Å²) in [6, 6.07) is 8.12. The highest BCUT2D eigenvalue weighted by atomic mass is 32.2. The molecule has 5 heteroatoms. The fraction of sp³-hybridized carbons (Fsp3) is 0.600. The van der Waals surface area contributed by atoms with Gasteiger partial charge in [0, 0.05) is 17.9 Å². The lowest BCUT2D eigenvalue weighted by Crippen LogP contribution is -2.20. The lowest BCUT2D eigenvalue weighted by Gasteiger charge is -2.18. The van der Waals surface area contributed by atoms with E-state index in [0.717, 1.165) is 24.3 Å². The number of nitrogens with one attached hydrogen (secondary N) is 1. The van der Waals surface area contributed by atoms with Gasteiger partial charge in [0.1, 0.15) is 15.6 Å². The van der Waals surface area contributed by atoms with Crippen LogP contribution >= 0.6 is 0 Å². The lowest BCUT2D eigenvalue weighted by atomic mass is 10.1. The van der Waals surface area contributed by atoms with Crippen LogP contribution in [-0.4, -0.2) is 33.6 Å². The van der Waals surface area contributed by atoms with Gasteiger partial charge in [-0.05, 0) is 32.4 Å². The second-order valence-electron chi connectivity index (χ2n) is 5.05. The number of para-hydroxylation sites is 1. The Kier molecular flexibility index (Phi) is 7.02. The van der Waals surface area contributed by atoms with Gasteiger partial charge in [-0.15, -0.1) is 0 Å². The van der Waals surface area contributed by atoms with E-state index in [1.165, 1.54) is 6.26 Å². The summed E-state index contributed by atoms with van der Waals surface area (Å²) >= 11 is 0. The van der Waals surface area contributed by atoms with E-state index >= 15 is 0 Å². The number of benzene rings is 1. The van der Waals surface area contributed by atoms with E-state index in [1.807, 2.05) is 24.3 Å². The van der Waals surface area contributed by atoms with Gasteiger partial charge in [0.05, 0.1) is 12.4 Å². The van der Waals surface area contributed by atoms with E-state index in [2.05, 4.69) is 19.2 Å². The predicted molar refractivity (Wildman–Crippen MR) is 83.0 cm³/mol. The van der Waals surface area contributed by atoms with Gasteiger partial charge in [-0.25, -0.2) is 8.42 Å². The zero-order chi connectivity index (χ0) is 15.0. The molecule has 0 radical (unpaired) electrons. The molecule has 0 amide bonds. The molecule has 0 aliphatic heterocycles. The summed E-state index contributed by atoms with van der Waals surface area (Å²) in [7, 11) is -2.91. The van der Waals surface area contributed by atoms with Crippen molar-refractivity contribution in [3.8, 4) is 5.75 Å². The predicted octanol–water partition coefficient (Wildman–Crippen LogP) is 2.56. The van der Waals surface area contributed by atoms with E-state index in [1.54, 1.807) is 0 Å². The van der Waals surface area contributed by atoms with Crippen molar-refractivity contribution in [1.82, 2.24) is 5.32 Å². The molecule has 1 N–H and O–H groups in total. The van der Waals surface area contributed by atoms with Crippen LogP contribution < -0.4 is 10.1 Å². The Labute approximate surface area is 122 Å². The molecule has 4 nitrogen and oxygen atoms in total. The smallest absolute Gasteiger partial charge is 0.147 e. The summed E-state index contributed by atoms with van der Waals surface area (Å²) in [6.45, 7) is 5.62. The van der Waals surface area contributed by atoms with Gasteiger partial charge in [0.2, 0.25) is 0 Å². The molecule has 0 spiro atoms. The molecule has 0 heterocycles. The Bertz CT molecular complexity index is 500. The molecule has 0 saturated carbocycles. The number of rotatable bonds is 9. The van der Waals surface area contributed by atoms with Gasteiger partial charge in [-0.2, -0.15) is 0 Å². The summed E-state index contributed by atoms with van der Waals surface area (Å²) < 4.78 is 27.9. The topological polar surface area (TPSA) is 55.4 Å². The Morgan fingerprint density at radius 1 is 1.30 bits per heavy atom. The van der Waals surface area contributed by atoms with E-state index in [9.17, 15) is 8.42 Å². The van der Waals surface area contributed by atoms with Crippen molar-refractivity contribution >= 4 is 9.84 Å². The van der Waals surface area contributed by atoms with Crippen LogP contribution in [0.15, 0.2) is 24.3 Å². The monoisotopic (exact) mass is 299 g/mol. The van der Waals surface area contributed by atoms with Crippen molar-refractivity contribution in [3.05, 3.63) is 29.8 Å². The van der Waals surface area contributed by atoms with Crippen molar-refractivity contribution in [2.45, 2.75) is 32.7 Å². The molecule has 1 rings (SSSR count). The highest BCUT2D eigenvalue weighted by Crippen LogP contribution is 2.24. The van der Waals surface area contributed by atoms with Gasteiger partial charge in [-0.3, -0.25) is 0 Å². The summed E-state index contributed by atoms with van der Waals surface area (Å²) in [5.41, 5.74) is 1.11. The highest BCUT2D eigenvalue weighted by molar-refractivity contribution is 7.90. The van der Waals surface area contributed by atoms with Crippen LogP contribution in [0.5, 0.6) is 5.75 Å². The molecular weight excluding hydrogens is 274 g/mol. The van der Waals surface area contributed by atoms with Crippen molar-refractivity contribution in [1.29, 1.82) is 0 Å². The molecule has 0 aliphatic rings. The molecule has 1 aromatic rings. The summed E-state index contributed by atoms with van der Waals surface area (Å²) in [5, 5.41) is 3.43. The van der Waals surface area contributed by atoms with Crippen LogP contribution in [0.3, 0.4) is 0 Å². The second kappa shape index (κ2) is 8.27. The van der Waals surface area contributed by atoms with Gasteiger partial charge in [0.25, 0.3) is 0 Å². The van der Waals surface area contributed by atoms with Gasteiger partial charge in [0.15, 0.2) is 0 Å². The van der Waals surface area contributed by atoms with Crippen molar-refractivity contribution in [2.75, 3.05) is 25.2 Å². The first-order valence-corrected chi connectivity index (χ1v) is 9.13. The number of ether oxygens (including phenoxy) is 1. The van der Waals surface area contributed by atoms with Crippen LogP contribution in [0.2, 0.25) is 0 Å². The fourth-order valence-corrected chi connectivity index (χ4v) is 2.59. The van der Waals surface area contributed by atoms with Crippen LogP contribution in [0.25, 0.3) is 0 Å². The molecule has 1 atom stereocenters. The second-order valence-corrected chi connectivity index (χ2v) is 7.31. The summed E-state index contributed by atoms with van der Waals surface area (Å²) in [5.74, 6) is 0.996. The SMILES string of the molecule is CCCNC(C)c1ccccc1OCCCS(C)(=O)=O. The average Bonchev–Trinajstić information content (AvgIpc) is 2.40. The number of hydrogen-bond donors (Lipinski definition) is 1. The molecule has 0 bridgehead atoms. The Balaban J connectivity index is 2.57. The zero-order valence-corrected chi connectivity index (χ0v) is 13.4. The first kappa shape index (κ1) is 17.0. The number of hydrogen-bond acceptors (Lipinski definition) is 4. The Hall–Kier alpha value is -1.07. The minimum Gasteiger partial charge on any atom is -0.493 e. The molecule has 20 heavy (non-hydrogen) atoms. The highest BCUT2D eigenvalue weighted by Gasteiger charge is 2.10. The molecule has 0 aliphatic carbocycles. The number of sulfone groups is 1. The fourth-order valence-electron chi connectivity index (χ4n) is 1.94. The normalized spacial score (nSPS) is 13.2. The van der Waals surface area contributed by atoms with E-state index in [0.29, 0.717) is 13.0 Å². The minimum absolute atomic E-state index is 0.165. The first-order chi connectivity index (χ1) is 9.44. The quantitative estimate of drug-likeness (QED) is 0.712. The van der Waals surface area contributed by atoms with Crippen molar-refractivity contribution < 1.29 is 13.2 Å². The molecule has 0 fully saturated rings. The molecule has 0 aromatic heterocycles. The van der Waals surface area contributed by atoms with Crippen molar-refractivity contribution in [2.24, 2.45) is 0 Å². The summed E-state index contributed by atoms with van der Waals surface area (Å²) in [6.07, 6.45) is 2.85. The van der Waals surface area contributed by atoms with Gasteiger partial charge < -0.3 is 10.1 Å². The maximum Gasteiger partial charge on any atom is 0.147 e. The van der Waals surface area contributed by atoms with E-state index < -0.39 is 9.84 Å². The third kappa shape index (κ3) is 6.39. The van der Waals surface area contributed by atoms with E-state index in [4.69, 9.17) is 4.74 Å². The molecule has 1 aromatic carbocycles. The third-order valence-electron chi connectivity index (χ3n) is 3.00. The van der Waals surface area contributed by atoms with Crippen LogP contribution in [0, 0.1) is 0 Å². The Morgan fingerprint density at radius 2 is 2.00 bits per heavy atom. The van der Waals surface area contributed by atoms with Crippen LogP contribution in [0.1, 0.15) is 38.3 Å². The van der Waals surface area contributed by atoms with Crippen LogP contribution in [-0.2, 0) is 9.84 Å². The maximum absolute atomic E-state index is 11.1. The molecular formula is C15H25NO3S. The Morgan fingerprint density at radius 3 is 2.65 bits per heavy atom. The first-order valence-electron chi connectivity index (χ1n) is 7.07. The molecule has 114 valence electrons. The minimum atomic E-state index is -2.91. The van der Waals surface area contributed by atoms with Crippen molar-refractivity contribution in [3.63, 3.8) is 0 Å². The average molecular weight is 299 g/mol. The van der Waals surface area contributed by atoms with Gasteiger partial charge >= 0.3 is 0 Å². The molecule has 0 saturated heterocycles. The van der Waals surface area contributed by atoms with E-state index in [-0.39, 0.29) is 11.8 Å². The lowest BCUT2D eigenvalue weighted by molar-refractivity contribution is 0.311. The molecule has 1 unspecified atom stereocenters. The maximum atomic E-state index is 11.1. The zero-order valence-electron chi connectivity index (χ0n) is 12.6. The van der Waals surface area contributed by atoms with Crippen LogP contribution in [0.4, 0.5) is 0 Å². The summed E-state index contributed by atoms with van der Waals surface area (Å²) in [4.78, 5) is 0. The van der Waals surface area contributed by atoms with Gasteiger partial charge in [-0.1, -0.05) is 25.1 Å². The third-order valence-corrected chi connectivity index (χ3v) is 4.03.